The number of aryl methyl sites for hydroxylation is 1. The fourth-order valence-electron chi connectivity index (χ4n) is 6.01. The fraction of sp³-hybridized carbons (Fsp3) is 0.382. The Balaban J connectivity index is 0.00000480. The molecule has 1 aliphatic rings. The van der Waals surface area contributed by atoms with Crippen LogP contribution in [-0.2, 0) is 16.0 Å². The van der Waals surface area contributed by atoms with Gasteiger partial charge in [-0.1, -0.05) is 30.3 Å². The summed E-state index contributed by atoms with van der Waals surface area (Å²) in [6, 6.07) is 15.1. The van der Waals surface area contributed by atoms with Crippen molar-refractivity contribution in [3.8, 4) is 11.1 Å². The van der Waals surface area contributed by atoms with Crippen LogP contribution in [0.4, 0.5) is 5.69 Å². The van der Waals surface area contributed by atoms with E-state index in [-0.39, 0.29) is 48.2 Å². The van der Waals surface area contributed by atoms with Crippen molar-refractivity contribution in [2.75, 3.05) is 11.4 Å². The number of nitrogens with two attached hydrogens (primary N) is 2. The second-order valence-electron chi connectivity index (χ2n) is 12.2. The Bertz CT molecular complexity index is 1760. The number of carbonyl (C=O) groups is 3. The quantitative estimate of drug-likeness (QED) is 0.182. The third kappa shape index (κ3) is 7.55. The summed E-state index contributed by atoms with van der Waals surface area (Å²) in [6.45, 7) is 6.24. The van der Waals surface area contributed by atoms with Crippen LogP contribution in [0.3, 0.4) is 0 Å². The van der Waals surface area contributed by atoms with Gasteiger partial charge >= 0.3 is 0 Å². The number of hydrogen-bond acceptors (Lipinski definition) is 7. The molecule has 2 aromatic carbocycles. The zero-order valence-electron chi connectivity index (χ0n) is 26.3. The number of aromatic amines is 2. The molecule has 2 aromatic heterocycles. The molecule has 4 aromatic rings. The largest absolute Gasteiger partial charge is 0.349 e. The first-order valence-electron chi connectivity index (χ1n) is 15.5. The highest BCUT2D eigenvalue weighted by molar-refractivity contribution is 6.17. The summed E-state index contributed by atoms with van der Waals surface area (Å²) in [7, 11) is 0. The van der Waals surface area contributed by atoms with Crippen LogP contribution in [0.2, 0.25) is 0 Å². The Labute approximate surface area is 273 Å². The summed E-state index contributed by atoms with van der Waals surface area (Å²) in [4.78, 5) is 57.9. The van der Waals surface area contributed by atoms with E-state index in [1.165, 1.54) is 4.90 Å². The van der Waals surface area contributed by atoms with Gasteiger partial charge in [0.15, 0.2) is 0 Å². The van der Waals surface area contributed by atoms with E-state index in [9.17, 15) is 19.2 Å². The van der Waals surface area contributed by atoms with E-state index in [1.807, 2.05) is 51.1 Å². The van der Waals surface area contributed by atoms with Crippen molar-refractivity contribution in [2.24, 2.45) is 23.3 Å². The van der Waals surface area contributed by atoms with Crippen molar-refractivity contribution in [3.05, 3.63) is 81.9 Å². The van der Waals surface area contributed by atoms with Gasteiger partial charge in [0.25, 0.3) is 17.4 Å². The first-order valence-corrected chi connectivity index (χ1v) is 15.5. The summed E-state index contributed by atoms with van der Waals surface area (Å²) in [5.41, 5.74) is 16.7. The van der Waals surface area contributed by atoms with Crippen LogP contribution in [-0.4, -0.2) is 51.5 Å². The second kappa shape index (κ2) is 14.8. The second-order valence-corrected chi connectivity index (χ2v) is 12.2. The lowest BCUT2D eigenvalue weighted by Crippen LogP contribution is -2.50. The van der Waals surface area contributed by atoms with E-state index < -0.39 is 11.9 Å². The maximum atomic E-state index is 13.9. The number of pyridine rings is 1. The number of anilines is 1. The minimum atomic E-state index is -0.983. The molecule has 0 unspecified atom stereocenters. The normalized spacial score (nSPS) is 16.9. The van der Waals surface area contributed by atoms with E-state index in [4.69, 9.17) is 11.5 Å². The van der Waals surface area contributed by atoms with E-state index >= 15 is 0 Å². The summed E-state index contributed by atoms with van der Waals surface area (Å²) < 4.78 is 0. The number of carbonyl (C=O) groups excluding carboxylic acids is 3. The van der Waals surface area contributed by atoms with Crippen LogP contribution in [0, 0.1) is 18.8 Å². The first kappa shape index (κ1) is 34.6. The van der Waals surface area contributed by atoms with Crippen LogP contribution in [0.5, 0.6) is 0 Å². The first-order chi connectivity index (χ1) is 21.5. The van der Waals surface area contributed by atoms with Gasteiger partial charge in [-0.15, -0.1) is 12.4 Å². The molecule has 12 heteroatoms. The van der Waals surface area contributed by atoms with Gasteiger partial charge < -0.3 is 16.8 Å². The maximum absolute atomic E-state index is 13.9. The summed E-state index contributed by atoms with van der Waals surface area (Å²) >= 11 is 0. The topological polar surface area (TPSA) is 180 Å². The summed E-state index contributed by atoms with van der Waals surface area (Å²) in [6.07, 6.45) is 3.20. The molecule has 244 valence electrons. The number of hydrogen-bond donors (Lipinski definition) is 5. The highest BCUT2D eigenvalue weighted by atomic mass is 35.5. The number of benzene rings is 2. The lowest BCUT2D eigenvalue weighted by molar-refractivity contribution is -0.130. The number of halogens is 1. The average molecular weight is 648 g/mol. The molecule has 1 saturated carbocycles. The molecule has 3 amide bonds. The number of amides is 3. The third-order valence-electron chi connectivity index (χ3n) is 8.56. The molecular formula is C34H42ClN7O4. The van der Waals surface area contributed by atoms with Crippen LogP contribution in [0.1, 0.15) is 61.3 Å². The van der Waals surface area contributed by atoms with Crippen LogP contribution < -0.4 is 27.2 Å². The highest BCUT2D eigenvalue weighted by Gasteiger charge is 2.35. The minimum absolute atomic E-state index is 0. The predicted octanol–water partition coefficient (Wildman–Crippen LogP) is 3.98. The molecule has 46 heavy (non-hydrogen) atoms. The molecule has 2 heterocycles. The molecule has 0 spiro atoms. The van der Waals surface area contributed by atoms with Crippen molar-refractivity contribution >= 4 is 46.7 Å². The summed E-state index contributed by atoms with van der Waals surface area (Å²) in [5, 5.41) is 8.63. The lowest BCUT2D eigenvalue weighted by Gasteiger charge is -2.32. The smallest absolute Gasteiger partial charge is 0.271 e. The number of aromatic nitrogens is 3. The van der Waals surface area contributed by atoms with Gasteiger partial charge in [0.2, 0.25) is 5.91 Å². The highest BCUT2D eigenvalue weighted by Crippen LogP contribution is 2.32. The Hall–Kier alpha value is -4.32. The van der Waals surface area contributed by atoms with Crippen molar-refractivity contribution in [1.29, 1.82) is 0 Å². The van der Waals surface area contributed by atoms with Crippen molar-refractivity contribution < 1.29 is 14.4 Å². The molecule has 0 bridgehead atoms. The summed E-state index contributed by atoms with van der Waals surface area (Å²) in [5.74, 6) is -0.939. The minimum Gasteiger partial charge on any atom is -0.349 e. The molecule has 1 fully saturated rings. The standard InChI is InChI=1S/C34H41N7O4.ClH/c1-19(2)37-32(43)29-15-14-26(20(3)38-29)23-8-4-21(5-9-23)16-28(36)34(45)41(33(44)24-10-6-22(18-35)7-11-24)25-12-13-27-30(17-25)39-40-31(27)42;/h4-5,8-9,12-15,17,19,22,24,28H,6-7,10-11,16,18,35-36H2,1-3H3,(H,37,43)(H2,39,40,42);1H/t22-,24-,28-;/m0./s1. The SMILES string of the molecule is Cc1nc(C(=O)NC(C)C)ccc1-c1ccc(C[C@H](N)C(=O)N(c2ccc3c(=O)[nH][nH]c3c2)C(=O)[C@H]2CC[C@H](CN)CC2)cc1.Cl. The van der Waals surface area contributed by atoms with Gasteiger partial charge in [0.1, 0.15) is 5.69 Å². The molecule has 1 atom stereocenters. The number of rotatable bonds is 9. The number of imide groups is 1. The van der Waals surface area contributed by atoms with Gasteiger partial charge in [-0.05, 0) is 101 Å². The number of nitrogens with one attached hydrogen (secondary N) is 3. The van der Waals surface area contributed by atoms with Crippen LogP contribution in [0.25, 0.3) is 22.0 Å². The van der Waals surface area contributed by atoms with E-state index in [0.717, 1.165) is 35.2 Å². The molecule has 0 aliphatic heterocycles. The van der Waals surface area contributed by atoms with Crippen molar-refractivity contribution in [1.82, 2.24) is 20.5 Å². The molecule has 1 aliphatic carbocycles. The Morgan fingerprint density at radius 1 is 1.00 bits per heavy atom. The van der Waals surface area contributed by atoms with Crippen molar-refractivity contribution in [2.45, 2.75) is 65.0 Å². The number of H-pyrrole nitrogens is 2. The van der Waals surface area contributed by atoms with Crippen molar-refractivity contribution in [3.63, 3.8) is 0 Å². The zero-order valence-corrected chi connectivity index (χ0v) is 27.2. The molecule has 7 N–H and O–H groups in total. The zero-order chi connectivity index (χ0) is 32.2. The Morgan fingerprint density at radius 2 is 1.70 bits per heavy atom. The van der Waals surface area contributed by atoms with Crippen LogP contribution in [0.15, 0.2) is 59.4 Å². The average Bonchev–Trinajstić information content (AvgIpc) is 3.40. The van der Waals surface area contributed by atoms with E-state index in [1.54, 1.807) is 24.3 Å². The van der Waals surface area contributed by atoms with E-state index in [0.29, 0.717) is 47.6 Å². The molecular weight excluding hydrogens is 606 g/mol. The monoisotopic (exact) mass is 647 g/mol. The van der Waals surface area contributed by atoms with Gasteiger partial charge in [-0.3, -0.25) is 29.4 Å². The molecule has 0 saturated heterocycles. The Kier molecular flexibility index (Phi) is 11.2. The van der Waals surface area contributed by atoms with Gasteiger partial charge in [0, 0.05) is 23.2 Å². The molecule has 11 nitrogen and oxygen atoms in total. The van der Waals surface area contributed by atoms with Gasteiger partial charge in [-0.2, -0.15) is 0 Å². The lowest BCUT2D eigenvalue weighted by atomic mass is 9.81. The fourth-order valence-corrected chi connectivity index (χ4v) is 6.01. The predicted molar refractivity (Wildman–Crippen MR) is 182 cm³/mol. The maximum Gasteiger partial charge on any atom is 0.271 e. The molecule has 5 rings (SSSR count). The van der Waals surface area contributed by atoms with Gasteiger partial charge in [-0.25, -0.2) is 9.88 Å². The Morgan fingerprint density at radius 3 is 2.33 bits per heavy atom. The number of nitrogens with zero attached hydrogens (tertiary/aromatic N) is 2. The molecule has 0 radical (unpaired) electrons. The number of fused-ring (bicyclic) bond motifs is 1. The van der Waals surface area contributed by atoms with Crippen LogP contribution >= 0.6 is 12.4 Å². The third-order valence-corrected chi connectivity index (χ3v) is 8.56. The van der Waals surface area contributed by atoms with E-state index in [2.05, 4.69) is 20.5 Å². The van der Waals surface area contributed by atoms with Gasteiger partial charge in [0.05, 0.1) is 22.6 Å².